The van der Waals surface area contributed by atoms with Crippen LogP contribution in [0.5, 0.6) is 0 Å². The van der Waals surface area contributed by atoms with E-state index in [0.29, 0.717) is 0 Å². The third kappa shape index (κ3) is 6.93. The van der Waals surface area contributed by atoms with Crippen LogP contribution in [0.2, 0.25) is 0 Å². The Morgan fingerprint density at radius 1 is 0.427 bits per heavy atom. The summed E-state index contributed by atoms with van der Waals surface area (Å²) in [5, 5.41) is 3.57. The molecule has 0 unspecified atom stereocenters. The van der Waals surface area contributed by atoms with Gasteiger partial charge in [0.05, 0.1) is 11.1 Å². The molecule has 0 bridgehead atoms. The Kier molecular flexibility index (Phi) is 9.84. The van der Waals surface area contributed by atoms with Crippen LogP contribution >= 0.6 is 0 Å². The Hall–Kier alpha value is -5.68. The predicted octanol–water partition coefficient (Wildman–Crippen LogP) is 18.1. The summed E-state index contributed by atoms with van der Waals surface area (Å²) < 4.78 is 14.8. The number of benzene rings is 6. The van der Waals surface area contributed by atoms with E-state index in [4.69, 9.17) is 8.83 Å². The Morgan fingerprint density at radius 2 is 0.960 bits per heavy atom. The van der Waals surface area contributed by atoms with Crippen molar-refractivity contribution in [3.8, 4) is 0 Å². The van der Waals surface area contributed by atoms with E-state index in [-0.39, 0.29) is 50.0 Å². The molecule has 0 atom stereocenters. The number of rotatable bonds is 2. The summed E-state index contributed by atoms with van der Waals surface area (Å²) in [5.74, 6) is 0.958. The number of nitrogens with zero attached hydrogens (tertiary/aromatic N) is 2. The molecule has 4 heterocycles. The number of fused-ring (bicyclic) bond motifs is 12. The van der Waals surface area contributed by atoms with Crippen LogP contribution in [-0.2, 0) is 43.3 Å². The molecule has 386 valence electrons. The largest absolute Gasteiger partial charge is 0.456 e. The fourth-order valence-corrected chi connectivity index (χ4v) is 14.9. The highest BCUT2D eigenvalue weighted by Gasteiger charge is 2.51. The SMILES string of the molecule is CC(C)(C)c1cc2c3c(c1)N(c1ccc(C(C)(C)C)c4oc5ccccc5c14)c1cc4c(cc1B3c1c(oc3cc5c(cc13)C(C)(C)CCC5(C)C)N2c1ccc2c(c1)C(C)(C)CCC2(C)C)C(C)(C)CCC4(C)C. The first-order chi connectivity index (χ1) is 34.9. The molecule has 4 nitrogen and oxygen atoms in total. The normalized spacial score (nSPS) is 20.4. The number of para-hydroxylation sites is 1. The standard InChI is InChI=1S/C70H81BN2O2/c1-63(2,3)40-33-54-60-55(34-40)73(52-26-25-45(64(4,5)6)61-58(52)42-21-19-20-22-56(42)74-61)53-38-49-48(68(13,14)30-31-69(49,15)16)37-51(53)71(60)59-43-36-47-50(70(17,18)32-29-67(47,11)12)39-57(43)75-62(59)72(54)41-23-24-44-46(35-41)66(9,10)28-27-65(44,7)8/h19-26,33-39H,27-32H2,1-18H3. The van der Waals surface area contributed by atoms with Gasteiger partial charge in [0.2, 0.25) is 5.88 Å². The van der Waals surface area contributed by atoms with Gasteiger partial charge in [-0.3, -0.25) is 4.90 Å². The molecule has 0 amide bonds. The van der Waals surface area contributed by atoms with Crippen LogP contribution in [0.25, 0.3) is 32.9 Å². The van der Waals surface area contributed by atoms with E-state index in [0.717, 1.165) is 65.8 Å². The molecule has 2 aliphatic heterocycles. The fourth-order valence-electron chi connectivity index (χ4n) is 14.9. The van der Waals surface area contributed by atoms with Crippen molar-refractivity contribution in [3.63, 3.8) is 0 Å². The zero-order valence-corrected chi connectivity index (χ0v) is 48.7. The second-order valence-corrected chi connectivity index (χ2v) is 30.2. The van der Waals surface area contributed by atoms with Crippen molar-refractivity contribution in [3.05, 3.63) is 136 Å². The van der Waals surface area contributed by atoms with E-state index in [2.05, 4.69) is 225 Å². The molecule has 8 aromatic rings. The van der Waals surface area contributed by atoms with Crippen molar-refractivity contribution in [2.45, 2.75) is 206 Å². The molecule has 5 heteroatoms. The maximum atomic E-state index is 7.75. The lowest BCUT2D eigenvalue weighted by Crippen LogP contribution is -2.61. The van der Waals surface area contributed by atoms with Crippen LogP contribution < -0.4 is 26.2 Å². The van der Waals surface area contributed by atoms with Gasteiger partial charge in [-0.15, -0.1) is 0 Å². The summed E-state index contributed by atoms with van der Waals surface area (Å²) in [6.45, 7) is 43.6. The second-order valence-electron chi connectivity index (χ2n) is 30.2. The van der Waals surface area contributed by atoms with E-state index in [9.17, 15) is 0 Å². The van der Waals surface area contributed by atoms with Gasteiger partial charge in [0, 0.05) is 44.5 Å². The van der Waals surface area contributed by atoms with Crippen molar-refractivity contribution >= 4 is 90.3 Å². The molecule has 0 saturated heterocycles. The van der Waals surface area contributed by atoms with Gasteiger partial charge in [-0.05, 0) is 186 Å². The third-order valence-electron chi connectivity index (χ3n) is 20.1. The zero-order valence-electron chi connectivity index (χ0n) is 48.7. The van der Waals surface area contributed by atoms with E-state index in [1.807, 2.05) is 0 Å². The van der Waals surface area contributed by atoms with Gasteiger partial charge in [-0.2, -0.15) is 0 Å². The lowest BCUT2D eigenvalue weighted by molar-refractivity contribution is 0.332. The van der Waals surface area contributed by atoms with Crippen molar-refractivity contribution in [2.75, 3.05) is 9.80 Å². The van der Waals surface area contributed by atoms with Crippen LogP contribution in [0.4, 0.5) is 34.3 Å². The average molecular weight is 993 g/mol. The first-order valence-corrected chi connectivity index (χ1v) is 28.6. The van der Waals surface area contributed by atoms with E-state index >= 15 is 0 Å². The van der Waals surface area contributed by atoms with Gasteiger partial charge in [0.25, 0.3) is 6.71 Å². The van der Waals surface area contributed by atoms with E-state index in [1.54, 1.807) is 0 Å². The molecule has 0 radical (unpaired) electrons. The Labute approximate surface area is 448 Å². The highest BCUT2D eigenvalue weighted by molar-refractivity contribution is 7.01. The fraction of sp³-hybridized carbons (Fsp3) is 0.457. The lowest BCUT2D eigenvalue weighted by Gasteiger charge is -2.47. The van der Waals surface area contributed by atoms with Crippen LogP contribution in [0.3, 0.4) is 0 Å². The molecule has 0 spiro atoms. The van der Waals surface area contributed by atoms with E-state index in [1.165, 1.54) is 101 Å². The van der Waals surface area contributed by atoms with Crippen molar-refractivity contribution in [1.82, 2.24) is 0 Å². The molecule has 5 aliphatic rings. The van der Waals surface area contributed by atoms with Crippen LogP contribution in [0.1, 0.15) is 208 Å². The second kappa shape index (κ2) is 15.1. The highest BCUT2D eigenvalue weighted by atomic mass is 16.4. The molecule has 0 fully saturated rings. The van der Waals surface area contributed by atoms with Gasteiger partial charge in [-0.25, -0.2) is 0 Å². The van der Waals surface area contributed by atoms with Gasteiger partial charge in [0.15, 0.2) is 0 Å². The predicted molar refractivity (Wildman–Crippen MR) is 321 cm³/mol. The minimum Gasteiger partial charge on any atom is -0.456 e. The average Bonchev–Trinajstić information content (AvgIpc) is 4.16. The van der Waals surface area contributed by atoms with Gasteiger partial charge >= 0.3 is 0 Å². The topological polar surface area (TPSA) is 32.8 Å². The maximum absolute atomic E-state index is 7.75. The quantitative estimate of drug-likeness (QED) is 0.162. The minimum atomic E-state index is -0.180. The zero-order chi connectivity index (χ0) is 53.3. The Balaban J connectivity index is 1.22. The Morgan fingerprint density at radius 3 is 1.56 bits per heavy atom. The van der Waals surface area contributed by atoms with Gasteiger partial charge in [-0.1, -0.05) is 161 Å². The molecule has 0 N–H and O–H groups in total. The molecule has 3 aliphatic carbocycles. The molecule has 2 aromatic heterocycles. The number of anilines is 6. The summed E-state index contributed by atoms with van der Waals surface area (Å²) in [6.07, 6.45) is 6.90. The molecular formula is C70H81BN2O2. The smallest absolute Gasteiger partial charge is 0.257 e. The summed E-state index contributed by atoms with van der Waals surface area (Å²) in [7, 11) is 0. The number of furan rings is 2. The molecule has 13 rings (SSSR count). The number of hydrogen-bond donors (Lipinski definition) is 0. The first kappa shape index (κ1) is 48.9. The molecular weight excluding hydrogens is 912 g/mol. The van der Waals surface area contributed by atoms with Gasteiger partial charge < -0.3 is 13.7 Å². The van der Waals surface area contributed by atoms with Gasteiger partial charge in [0.1, 0.15) is 16.7 Å². The molecule has 75 heavy (non-hydrogen) atoms. The highest BCUT2D eigenvalue weighted by Crippen LogP contribution is 2.56. The third-order valence-corrected chi connectivity index (χ3v) is 20.1. The summed E-state index contributed by atoms with van der Waals surface area (Å²) in [4.78, 5) is 5.28. The van der Waals surface area contributed by atoms with Crippen LogP contribution in [-0.4, -0.2) is 6.71 Å². The minimum absolute atomic E-state index is 0.00726. The van der Waals surface area contributed by atoms with Crippen LogP contribution in [0.15, 0.2) is 99.8 Å². The van der Waals surface area contributed by atoms with E-state index < -0.39 is 0 Å². The van der Waals surface area contributed by atoms with Crippen LogP contribution in [0, 0.1) is 0 Å². The number of hydrogen-bond acceptors (Lipinski definition) is 4. The lowest BCUT2D eigenvalue weighted by atomic mass is 9.33. The summed E-state index contributed by atoms with van der Waals surface area (Å²) >= 11 is 0. The molecule has 0 saturated carbocycles. The van der Waals surface area contributed by atoms with Crippen molar-refractivity contribution in [2.24, 2.45) is 0 Å². The van der Waals surface area contributed by atoms with Crippen molar-refractivity contribution in [1.29, 1.82) is 0 Å². The maximum Gasteiger partial charge on any atom is 0.257 e. The monoisotopic (exact) mass is 993 g/mol. The summed E-state index contributed by atoms with van der Waals surface area (Å²) in [6, 6.07) is 36.5. The Bertz CT molecular complexity index is 3780. The first-order valence-electron chi connectivity index (χ1n) is 28.6. The van der Waals surface area contributed by atoms with Crippen molar-refractivity contribution < 1.29 is 8.83 Å². The molecule has 6 aromatic carbocycles. The summed E-state index contributed by atoms with van der Waals surface area (Å²) in [5.41, 5.74) is 24.0.